The van der Waals surface area contributed by atoms with Gasteiger partial charge in [0.25, 0.3) is 5.91 Å². The van der Waals surface area contributed by atoms with Crippen molar-refractivity contribution in [2.24, 2.45) is 0 Å². The van der Waals surface area contributed by atoms with Crippen LogP contribution in [-0.2, 0) is 0 Å². The van der Waals surface area contributed by atoms with Gasteiger partial charge in [0.05, 0.1) is 0 Å². The van der Waals surface area contributed by atoms with E-state index in [1.807, 2.05) is 0 Å². The molecule has 1 saturated carbocycles. The molecule has 1 aliphatic rings. The molecule has 1 aromatic heterocycles. The topological polar surface area (TPSA) is 94.0 Å². The van der Waals surface area contributed by atoms with E-state index in [9.17, 15) is 4.79 Å². The zero-order valence-electron chi connectivity index (χ0n) is 9.89. The molecule has 0 spiro atoms. The van der Waals surface area contributed by atoms with Gasteiger partial charge in [-0.15, -0.1) is 5.10 Å². The van der Waals surface area contributed by atoms with Crippen molar-refractivity contribution >= 4 is 33.5 Å². The van der Waals surface area contributed by atoms with Gasteiger partial charge in [-0.1, -0.05) is 5.10 Å². The second kappa shape index (κ2) is 4.65. The summed E-state index contributed by atoms with van der Waals surface area (Å²) < 4.78 is 6.03. The molecule has 1 aromatic carbocycles. The van der Waals surface area contributed by atoms with Crippen LogP contribution in [0, 0.1) is 0 Å². The van der Waals surface area contributed by atoms with Crippen molar-refractivity contribution in [3.8, 4) is 0 Å². The van der Waals surface area contributed by atoms with Crippen LogP contribution in [0.1, 0.15) is 35.0 Å². The monoisotopic (exact) mass is 322 g/mol. The number of carbonyl (C=O) groups excluding carboxylic acids is 1. The van der Waals surface area contributed by atoms with Crippen molar-refractivity contribution in [2.45, 2.75) is 18.8 Å². The van der Waals surface area contributed by atoms with Crippen LogP contribution in [0.15, 0.2) is 27.1 Å². The number of nitrogens with two attached hydrogens (primary N) is 1. The molecule has 6 nitrogen and oxygen atoms in total. The van der Waals surface area contributed by atoms with E-state index in [0.29, 0.717) is 27.5 Å². The molecule has 19 heavy (non-hydrogen) atoms. The number of benzene rings is 1. The van der Waals surface area contributed by atoms with Gasteiger partial charge < -0.3 is 10.2 Å². The molecule has 98 valence electrons. The molecule has 2 aromatic rings. The molecule has 0 atom stereocenters. The Balaban J connectivity index is 1.74. The smallest absolute Gasteiger partial charge is 0.322 e. The molecule has 1 aliphatic carbocycles. The minimum atomic E-state index is -0.313. The Kier molecular flexibility index (Phi) is 2.98. The lowest BCUT2D eigenvalue weighted by atomic mass is 10.2. The summed E-state index contributed by atoms with van der Waals surface area (Å²) in [5.74, 6) is 0.643. The average molecular weight is 323 g/mol. The molecule has 0 aliphatic heterocycles. The molecule has 1 fully saturated rings. The number of nitrogens with one attached hydrogen (secondary N) is 1. The fraction of sp³-hybridized carbons (Fsp3) is 0.250. The Morgan fingerprint density at radius 3 is 2.89 bits per heavy atom. The molecule has 0 bridgehead atoms. The van der Waals surface area contributed by atoms with Gasteiger partial charge in [0.15, 0.2) is 0 Å². The molecule has 7 heteroatoms. The summed E-state index contributed by atoms with van der Waals surface area (Å²) in [7, 11) is 0. The van der Waals surface area contributed by atoms with Crippen LogP contribution in [-0.4, -0.2) is 16.1 Å². The Bertz CT molecular complexity index is 636. The Morgan fingerprint density at radius 1 is 1.42 bits per heavy atom. The number of hydrogen-bond donors (Lipinski definition) is 2. The lowest BCUT2D eigenvalue weighted by molar-refractivity contribution is 0.102. The molecule has 0 radical (unpaired) electrons. The second-order valence-corrected chi connectivity index (χ2v) is 5.26. The summed E-state index contributed by atoms with van der Waals surface area (Å²) in [4.78, 5) is 12.0. The van der Waals surface area contributed by atoms with E-state index in [4.69, 9.17) is 10.2 Å². The summed E-state index contributed by atoms with van der Waals surface area (Å²) >= 11 is 3.27. The zero-order chi connectivity index (χ0) is 13.4. The third kappa shape index (κ3) is 2.60. The van der Waals surface area contributed by atoms with Gasteiger partial charge in [-0.2, -0.15) is 0 Å². The van der Waals surface area contributed by atoms with E-state index < -0.39 is 0 Å². The fourth-order valence-corrected chi connectivity index (χ4v) is 2.00. The van der Waals surface area contributed by atoms with Crippen LogP contribution in [0.5, 0.6) is 0 Å². The number of aromatic nitrogens is 2. The third-order valence-corrected chi connectivity index (χ3v) is 3.54. The lowest BCUT2D eigenvalue weighted by Crippen LogP contribution is -2.12. The highest BCUT2D eigenvalue weighted by Gasteiger charge is 2.29. The van der Waals surface area contributed by atoms with Gasteiger partial charge in [0, 0.05) is 21.6 Å². The van der Waals surface area contributed by atoms with E-state index in [1.54, 1.807) is 18.2 Å². The van der Waals surface area contributed by atoms with Gasteiger partial charge in [0.1, 0.15) is 0 Å². The molecule has 1 heterocycles. The number of hydrogen-bond acceptors (Lipinski definition) is 5. The van der Waals surface area contributed by atoms with Crippen LogP contribution >= 0.6 is 15.9 Å². The SMILES string of the molecule is Nc1ccc(C(=O)Nc2nnc(C3CC3)o2)cc1Br. The molecule has 0 unspecified atom stereocenters. The van der Waals surface area contributed by atoms with Crippen LogP contribution in [0.4, 0.5) is 11.7 Å². The maximum atomic E-state index is 12.0. The van der Waals surface area contributed by atoms with E-state index in [2.05, 4.69) is 31.4 Å². The highest BCUT2D eigenvalue weighted by Crippen LogP contribution is 2.39. The van der Waals surface area contributed by atoms with E-state index >= 15 is 0 Å². The summed E-state index contributed by atoms with van der Waals surface area (Å²) in [5.41, 5.74) is 6.70. The van der Waals surface area contributed by atoms with Crippen molar-refractivity contribution in [3.05, 3.63) is 34.1 Å². The number of carbonyl (C=O) groups is 1. The van der Waals surface area contributed by atoms with Crippen LogP contribution in [0.2, 0.25) is 0 Å². The molecule has 1 amide bonds. The minimum Gasteiger partial charge on any atom is -0.408 e. The first-order valence-corrected chi connectivity index (χ1v) is 6.62. The van der Waals surface area contributed by atoms with Crippen molar-refractivity contribution in [1.29, 1.82) is 0 Å². The number of amides is 1. The Labute approximate surface area is 117 Å². The third-order valence-electron chi connectivity index (χ3n) is 2.85. The summed E-state index contributed by atoms with van der Waals surface area (Å²) in [6, 6.07) is 5.05. The zero-order valence-corrected chi connectivity index (χ0v) is 11.5. The van der Waals surface area contributed by atoms with Gasteiger partial charge in [-0.05, 0) is 47.0 Å². The summed E-state index contributed by atoms with van der Waals surface area (Å²) in [5, 5.41) is 10.3. The quantitative estimate of drug-likeness (QED) is 0.847. The first-order chi connectivity index (χ1) is 9.13. The van der Waals surface area contributed by atoms with E-state index in [1.165, 1.54) is 0 Å². The number of halogens is 1. The second-order valence-electron chi connectivity index (χ2n) is 4.41. The highest BCUT2D eigenvalue weighted by atomic mass is 79.9. The number of nitrogens with zero attached hydrogens (tertiary/aromatic N) is 2. The minimum absolute atomic E-state index is 0.125. The first kappa shape index (κ1) is 12.2. The first-order valence-electron chi connectivity index (χ1n) is 5.83. The molecular formula is C12H11BrN4O2. The van der Waals surface area contributed by atoms with Gasteiger partial charge in [-0.3, -0.25) is 10.1 Å². The van der Waals surface area contributed by atoms with Gasteiger partial charge >= 0.3 is 6.01 Å². The molecule has 3 N–H and O–H groups in total. The Hall–Kier alpha value is -1.89. The largest absolute Gasteiger partial charge is 0.408 e. The summed E-state index contributed by atoms with van der Waals surface area (Å²) in [6.45, 7) is 0. The van der Waals surface area contributed by atoms with Gasteiger partial charge in [0.2, 0.25) is 5.89 Å². The van der Waals surface area contributed by atoms with Gasteiger partial charge in [-0.25, -0.2) is 0 Å². The fourth-order valence-electron chi connectivity index (χ4n) is 1.62. The maximum Gasteiger partial charge on any atom is 0.322 e. The molecule has 3 rings (SSSR count). The normalized spacial score (nSPS) is 14.4. The van der Waals surface area contributed by atoms with Crippen LogP contribution in [0.25, 0.3) is 0 Å². The molecule has 0 saturated heterocycles. The number of rotatable bonds is 3. The van der Waals surface area contributed by atoms with Crippen molar-refractivity contribution in [2.75, 3.05) is 11.1 Å². The lowest BCUT2D eigenvalue weighted by Gasteiger charge is -2.03. The predicted molar refractivity (Wildman–Crippen MR) is 72.8 cm³/mol. The molecular weight excluding hydrogens is 312 g/mol. The van der Waals surface area contributed by atoms with E-state index in [-0.39, 0.29) is 11.9 Å². The summed E-state index contributed by atoms with van der Waals surface area (Å²) in [6.07, 6.45) is 2.14. The standard InChI is InChI=1S/C12H11BrN4O2/c13-8-5-7(3-4-9(8)14)10(18)15-12-17-16-11(19-12)6-1-2-6/h3-6H,1-2,14H2,(H,15,17,18). The van der Waals surface area contributed by atoms with Crippen LogP contribution < -0.4 is 11.1 Å². The highest BCUT2D eigenvalue weighted by molar-refractivity contribution is 9.10. The predicted octanol–water partition coefficient (Wildman–Crippen LogP) is 2.54. The maximum absolute atomic E-state index is 12.0. The van der Waals surface area contributed by atoms with Crippen LogP contribution in [0.3, 0.4) is 0 Å². The van der Waals surface area contributed by atoms with Crippen molar-refractivity contribution < 1.29 is 9.21 Å². The Morgan fingerprint density at radius 2 is 2.21 bits per heavy atom. The van der Waals surface area contributed by atoms with E-state index in [0.717, 1.165) is 12.8 Å². The average Bonchev–Trinajstić information content (AvgIpc) is 3.14. The number of nitrogen functional groups attached to an aromatic ring is 1. The van der Waals surface area contributed by atoms with Crippen molar-refractivity contribution in [3.63, 3.8) is 0 Å². The van der Waals surface area contributed by atoms with Crippen molar-refractivity contribution in [1.82, 2.24) is 10.2 Å². The number of anilines is 2.